The van der Waals surface area contributed by atoms with Crippen LogP contribution in [0.15, 0.2) is 51.8 Å². The molecule has 3 nitrogen and oxygen atoms in total. The fraction of sp³-hybridized carbons (Fsp3) is 0.143. The van der Waals surface area contributed by atoms with E-state index in [2.05, 4.69) is 15.9 Å². The van der Waals surface area contributed by atoms with E-state index in [1.807, 2.05) is 0 Å². The van der Waals surface area contributed by atoms with Crippen molar-refractivity contribution in [2.45, 2.75) is 11.4 Å². The zero-order valence-corrected chi connectivity index (χ0v) is 13.5. The van der Waals surface area contributed by atoms with Gasteiger partial charge in [0.1, 0.15) is 11.6 Å². The van der Waals surface area contributed by atoms with Gasteiger partial charge in [0.25, 0.3) is 0 Å². The van der Waals surface area contributed by atoms with E-state index in [4.69, 9.17) is 0 Å². The lowest BCUT2D eigenvalue weighted by atomic mass is 10.2. The highest BCUT2D eigenvalue weighted by Crippen LogP contribution is 2.22. The van der Waals surface area contributed by atoms with E-state index < -0.39 is 21.7 Å². The summed E-state index contributed by atoms with van der Waals surface area (Å²) in [5.41, 5.74) is 0.513. The maximum atomic E-state index is 13.5. The second-order valence-electron chi connectivity index (χ2n) is 4.47. The van der Waals surface area contributed by atoms with Crippen molar-refractivity contribution >= 4 is 26.0 Å². The van der Waals surface area contributed by atoms with Crippen LogP contribution in [0.2, 0.25) is 0 Å². The molecular weight excluding hydrogens is 364 g/mol. The third kappa shape index (κ3) is 3.66. The van der Waals surface area contributed by atoms with Gasteiger partial charge in [-0.2, -0.15) is 4.31 Å². The summed E-state index contributed by atoms with van der Waals surface area (Å²) in [6, 6.07) is 9.25. The molecule has 0 N–H and O–H groups in total. The molecule has 0 fully saturated rings. The molecule has 7 heteroatoms. The molecule has 21 heavy (non-hydrogen) atoms. The van der Waals surface area contributed by atoms with Gasteiger partial charge in [0.2, 0.25) is 10.0 Å². The van der Waals surface area contributed by atoms with Crippen LogP contribution in [-0.2, 0) is 16.6 Å². The first-order chi connectivity index (χ1) is 9.80. The number of halogens is 3. The van der Waals surface area contributed by atoms with Crippen molar-refractivity contribution in [3.63, 3.8) is 0 Å². The molecule has 0 saturated heterocycles. The summed E-state index contributed by atoms with van der Waals surface area (Å²) < 4.78 is 52.5. The van der Waals surface area contributed by atoms with Gasteiger partial charge in [-0.05, 0) is 51.8 Å². The number of hydrogen-bond acceptors (Lipinski definition) is 2. The maximum absolute atomic E-state index is 13.5. The topological polar surface area (TPSA) is 37.4 Å². The quantitative estimate of drug-likeness (QED) is 0.819. The van der Waals surface area contributed by atoms with Crippen LogP contribution in [0.3, 0.4) is 0 Å². The summed E-state index contributed by atoms with van der Waals surface area (Å²) in [6.07, 6.45) is 0. The van der Waals surface area contributed by atoms with Crippen molar-refractivity contribution in [3.05, 3.63) is 64.1 Å². The third-order valence-electron chi connectivity index (χ3n) is 2.89. The molecule has 0 spiro atoms. The van der Waals surface area contributed by atoms with Crippen LogP contribution in [0.1, 0.15) is 5.56 Å². The minimum absolute atomic E-state index is 0.00221. The molecule has 0 aromatic heterocycles. The van der Waals surface area contributed by atoms with Crippen molar-refractivity contribution in [1.29, 1.82) is 0 Å². The van der Waals surface area contributed by atoms with E-state index in [-0.39, 0.29) is 15.9 Å². The summed E-state index contributed by atoms with van der Waals surface area (Å²) in [7, 11) is -2.48. The Bertz CT molecular complexity index is 765. The number of nitrogens with zero attached hydrogens (tertiary/aromatic N) is 1. The van der Waals surface area contributed by atoms with Crippen molar-refractivity contribution < 1.29 is 17.2 Å². The van der Waals surface area contributed by atoms with Gasteiger partial charge in [0.05, 0.1) is 9.37 Å². The molecule has 2 aromatic carbocycles. The first kappa shape index (κ1) is 16.1. The number of hydrogen-bond donors (Lipinski definition) is 0. The van der Waals surface area contributed by atoms with Gasteiger partial charge < -0.3 is 0 Å². The average molecular weight is 376 g/mol. The highest BCUT2D eigenvalue weighted by atomic mass is 79.9. The molecule has 0 amide bonds. The zero-order chi connectivity index (χ0) is 15.6. The molecule has 0 aliphatic carbocycles. The van der Waals surface area contributed by atoms with E-state index in [0.29, 0.717) is 5.56 Å². The molecule has 0 radical (unpaired) electrons. The molecule has 0 saturated carbocycles. The normalized spacial score (nSPS) is 11.9. The number of rotatable bonds is 4. The Morgan fingerprint density at radius 3 is 2.48 bits per heavy atom. The first-order valence-corrected chi connectivity index (χ1v) is 8.20. The smallest absolute Gasteiger partial charge is 0.207 e. The fourth-order valence-electron chi connectivity index (χ4n) is 1.79. The Morgan fingerprint density at radius 2 is 1.86 bits per heavy atom. The second-order valence-corrected chi connectivity index (χ2v) is 7.37. The predicted octanol–water partition coefficient (Wildman–Crippen LogP) is 3.55. The molecular formula is C14H12BrF2NO2S. The molecule has 0 unspecified atom stereocenters. The van der Waals surface area contributed by atoms with E-state index in [9.17, 15) is 17.2 Å². The van der Waals surface area contributed by atoms with Crippen molar-refractivity contribution in [1.82, 2.24) is 4.31 Å². The Kier molecular flexibility index (Phi) is 4.75. The van der Waals surface area contributed by atoms with E-state index in [1.165, 1.54) is 37.4 Å². The van der Waals surface area contributed by atoms with Crippen LogP contribution in [0, 0.1) is 11.6 Å². The van der Waals surface area contributed by atoms with Crippen molar-refractivity contribution in [2.75, 3.05) is 7.05 Å². The summed E-state index contributed by atoms with van der Waals surface area (Å²) in [4.78, 5) is -0.151. The minimum atomic E-state index is -3.84. The Balaban J connectivity index is 2.28. The molecule has 0 aliphatic heterocycles. The van der Waals surface area contributed by atoms with E-state index in [0.717, 1.165) is 10.4 Å². The van der Waals surface area contributed by atoms with Gasteiger partial charge in [-0.25, -0.2) is 17.2 Å². The summed E-state index contributed by atoms with van der Waals surface area (Å²) in [6.45, 7) is -0.00221. The monoisotopic (exact) mass is 375 g/mol. The summed E-state index contributed by atoms with van der Waals surface area (Å²) >= 11 is 2.97. The highest BCUT2D eigenvalue weighted by Gasteiger charge is 2.22. The molecule has 0 atom stereocenters. The van der Waals surface area contributed by atoms with Gasteiger partial charge in [0.15, 0.2) is 0 Å². The minimum Gasteiger partial charge on any atom is -0.207 e. The fourth-order valence-corrected chi connectivity index (χ4v) is 3.21. The van der Waals surface area contributed by atoms with E-state index in [1.54, 1.807) is 6.07 Å². The Morgan fingerprint density at radius 1 is 1.14 bits per heavy atom. The molecule has 0 heterocycles. The van der Waals surface area contributed by atoms with Crippen LogP contribution in [0.5, 0.6) is 0 Å². The van der Waals surface area contributed by atoms with Crippen molar-refractivity contribution in [2.24, 2.45) is 0 Å². The first-order valence-electron chi connectivity index (χ1n) is 5.96. The van der Waals surface area contributed by atoms with E-state index >= 15 is 0 Å². The van der Waals surface area contributed by atoms with Crippen LogP contribution >= 0.6 is 15.9 Å². The molecule has 0 aliphatic rings. The summed E-state index contributed by atoms with van der Waals surface area (Å²) in [5.74, 6) is -1.09. The largest absolute Gasteiger partial charge is 0.243 e. The highest BCUT2D eigenvalue weighted by molar-refractivity contribution is 9.10. The summed E-state index contributed by atoms with van der Waals surface area (Å²) in [5, 5.41) is 0. The van der Waals surface area contributed by atoms with Crippen LogP contribution in [-0.4, -0.2) is 19.8 Å². The molecule has 112 valence electrons. The second kappa shape index (κ2) is 6.21. The lowest BCUT2D eigenvalue weighted by Gasteiger charge is -2.17. The molecule has 2 aromatic rings. The SMILES string of the molecule is CN(Cc1cccc(F)c1)S(=O)(=O)c1ccc(Br)c(F)c1. The predicted molar refractivity (Wildman–Crippen MR) is 79.2 cm³/mol. The van der Waals surface area contributed by atoms with Crippen LogP contribution in [0.25, 0.3) is 0 Å². The Hall–Kier alpha value is -1.31. The zero-order valence-electron chi connectivity index (χ0n) is 11.1. The van der Waals surface area contributed by atoms with Crippen LogP contribution < -0.4 is 0 Å². The third-order valence-corrected chi connectivity index (χ3v) is 5.34. The molecule has 2 rings (SSSR count). The average Bonchev–Trinajstić information content (AvgIpc) is 2.41. The van der Waals surface area contributed by atoms with Crippen molar-refractivity contribution in [3.8, 4) is 0 Å². The van der Waals surface area contributed by atoms with Gasteiger partial charge in [-0.1, -0.05) is 12.1 Å². The lowest BCUT2D eigenvalue weighted by Crippen LogP contribution is -2.26. The lowest BCUT2D eigenvalue weighted by molar-refractivity contribution is 0.464. The van der Waals surface area contributed by atoms with Gasteiger partial charge >= 0.3 is 0 Å². The number of sulfonamides is 1. The van der Waals surface area contributed by atoms with Gasteiger partial charge in [-0.3, -0.25) is 0 Å². The molecule has 0 bridgehead atoms. The van der Waals surface area contributed by atoms with Gasteiger partial charge in [0, 0.05) is 13.6 Å². The number of benzene rings is 2. The Labute approximate surface area is 130 Å². The van der Waals surface area contributed by atoms with Crippen LogP contribution in [0.4, 0.5) is 8.78 Å². The standard InChI is InChI=1S/C14H12BrF2NO2S/c1-18(9-10-3-2-4-11(16)7-10)21(19,20)12-5-6-13(15)14(17)8-12/h2-8H,9H2,1H3. The maximum Gasteiger partial charge on any atom is 0.243 e. The van der Waals surface area contributed by atoms with Gasteiger partial charge in [-0.15, -0.1) is 0 Å².